The Hall–Kier alpha value is -4.93. The number of anilines is 1. The van der Waals surface area contributed by atoms with Gasteiger partial charge in [0.05, 0.1) is 11.6 Å². The van der Waals surface area contributed by atoms with Crippen molar-refractivity contribution in [2.75, 3.05) is 11.5 Å². The normalized spacial score (nSPS) is 18.5. The number of carbonyl (C=O) groups excluding carboxylic acids is 2. The fourth-order valence-electron chi connectivity index (χ4n) is 5.92. The molecule has 2 aliphatic heterocycles. The lowest BCUT2D eigenvalue weighted by atomic mass is 9.94. The first-order valence-electron chi connectivity index (χ1n) is 14.8. The van der Waals surface area contributed by atoms with Crippen molar-refractivity contribution >= 4 is 56.5 Å². The number of hydrogen-bond acceptors (Lipinski definition) is 9. The smallest absolute Gasteiger partial charge is 0.301 e. The van der Waals surface area contributed by atoms with Gasteiger partial charge >= 0.3 is 5.91 Å². The fraction of sp³-hybridized carbons (Fsp3) is 0.167. The number of carbonyl (C=O) groups is 2. The molecule has 1 fully saturated rings. The molecule has 3 heterocycles. The van der Waals surface area contributed by atoms with E-state index in [0.717, 1.165) is 22.3 Å². The number of aliphatic hydroxyl groups excluding tert-OH is 1. The molecular weight excluding hydrogens is 619 g/mol. The van der Waals surface area contributed by atoms with Crippen LogP contribution in [0.2, 0.25) is 0 Å². The number of benzene rings is 4. The summed E-state index contributed by atoms with van der Waals surface area (Å²) in [6.45, 7) is 5.97. The maximum atomic E-state index is 13.8. The number of Topliss-reactive ketones (excluding diaryl/α,β-unsaturated/α-hetero) is 1. The SMILES string of the molecule is C=CCOc1cccc([C@@H]2C(=C(O)c3ccc4c(c3)C[C@@H](C)O4)C(=O)C(=O)N2c2nnc(SCc3cccc4ccccc34)s2)c1. The molecule has 10 heteroatoms. The van der Waals surface area contributed by atoms with Crippen LogP contribution in [0.3, 0.4) is 0 Å². The van der Waals surface area contributed by atoms with Gasteiger partial charge in [0.25, 0.3) is 5.78 Å². The molecule has 0 spiro atoms. The largest absolute Gasteiger partial charge is 0.507 e. The molecule has 0 unspecified atom stereocenters. The summed E-state index contributed by atoms with van der Waals surface area (Å²) in [7, 11) is 0. The quantitative estimate of drug-likeness (QED) is 0.0438. The molecule has 0 saturated carbocycles. The fourth-order valence-corrected chi connectivity index (χ4v) is 7.79. The number of fused-ring (bicyclic) bond motifs is 2. The molecule has 46 heavy (non-hydrogen) atoms. The lowest BCUT2D eigenvalue weighted by Crippen LogP contribution is -2.29. The maximum Gasteiger partial charge on any atom is 0.301 e. The number of ether oxygens (including phenoxy) is 2. The Bertz CT molecular complexity index is 2030. The van der Waals surface area contributed by atoms with Crippen LogP contribution in [-0.2, 0) is 21.8 Å². The number of aliphatic hydroxyl groups is 1. The molecule has 0 radical (unpaired) electrons. The highest BCUT2D eigenvalue weighted by atomic mass is 32.2. The molecule has 4 aromatic carbocycles. The van der Waals surface area contributed by atoms with Gasteiger partial charge < -0.3 is 14.6 Å². The van der Waals surface area contributed by atoms with E-state index in [4.69, 9.17) is 9.47 Å². The standard InChI is InChI=1S/C36H29N3O5S2/c1-3-16-43-27-12-7-10-23(19-27)31-30(32(40)24-14-15-29-26(18-24)17-21(2)44-29)33(41)34(42)39(31)35-37-38-36(46-35)45-20-25-11-6-9-22-8-4-5-13-28(22)25/h3-15,18-19,21,31,40H,1,16-17,20H2,2H3/t21-,31-/m1/s1. The molecule has 1 N–H and O–H groups in total. The number of thioether (sulfide) groups is 1. The highest BCUT2D eigenvalue weighted by molar-refractivity contribution is 8.00. The predicted molar refractivity (Wildman–Crippen MR) is 181 cm³/mol. The molecule has 2 atom stereocenters. The summed E-state index contributed by atoms with van der Waals surface area (Å²) >= 11 is 2.74. The van der Waals surface area contributed by atoms with Crippen molar-refractivity contribution in [2.45, 2.75) is 35.6 Å². The van der Waals surface area contributed by atoms with Crippen LogP contribution in [0.4, 0.5) is 5.13 Å². The van der Waals surface area contributed by atoms with E-state index in [0.29, 0.717) is 33.4 Å². The van der Waals surface area contributed by atoms with Gasteiger partial charge in [0.1, 0.15) is 30.0 Å². The van der Waals surface area contributed by atoms with Crippen molar-refractivity contribution in [1.82, 2.24) is 10.2 Å². The average molecular weight is 648 g/mol. The van der Waals surface area contributed by atoms with Crippen LogP contribution < -0.4 is 14.4 Å². The Labute approximate surface area is 274 Å². The van der Waals surface area contributed by atoms with Crippen molar-refractivity contribution in [3.63, 3.8) is 0 Å². The molecule has 1 aromatic heterocycles. The predicted octanol–water partition coefficient (Wildman–Crippen LogP) is 7.50. The molecule has 1 amide bonds. The van der Waals surface area contributed by atoms with Gasteiger partial charge in [0.15, 0.2) is 4.34 Å². The van der Waals surface area contributed by atoms with Gasteiger partial charge in [-0.25, -0.2) is 0 Å². The lowest BCUT2D eigenvalue weighted by molar-refractivity contribution is -0.132. The van der Waals surface area contributed by atoms with Crippen LogP contribution in [-0.4, -0.2) is 39.7 Å². The molecule has 0 aliphatic carbocycles. The van der Waals surface area contributed by atoms with Crippen molar-refractivity contribution in [3.8, 4) is 11.5 Å². The highest BCUT2D eigenvalue weighted by Crippen LogP contribution is 2.45. The van der Waals surface area contributed by atoms with E-state index < -0.39 is 17.7 Å². The van der Waals surface area contributed by atoms with Gasteiger partial charge in [-0.15, -0.1) is 10.2 Å². The van der Waals surface area contributed by atoms with E-state index in [1.54, 1.807) is 42.5 Å². The van der Waals surface area contributed by atoms with Crippen LogP contribution in [0.25, 0.3) is 16.5 Å². The summed E-state index contributed by atoms with van der Waals surface area (Å²) in [4.78, 5) is 28.8. The average Bonchev–Trinajstić information content (AvgIpc) is 3.77. The number of amides is 1. The molecular formula is C36H29N3O5S2. The molecule has 2 aliphatic rings. The zero-order valence-corrected chi connectivity index (χ0v) is 26.5. The second-order valence-electron chi connectivity index (χ2n) is 11.1. The first-order valence-corrected chi connectivity index (χ1v) is 16.6. The summed E-state index contributed by atoms with van der Waals surface area (Å²) in [5.41, 5.74) is 3.07. The minimum atomic E-state index is -0.959. The van der Waals surface area contributed by atoms with Crippen LogP contribution in [0.5, 0.6) is 11.5 Å². The maximum absolute atomic E-state index is 13.8. The van der Waals surface area contributed by atoms with Gasteiger partial charge in [-0.3, -0.25) is 14.5 Å². The Morgan fingerprint density at radius 1 is 1.09 bits per heavy atom. The molecule has 230 valence electrons. The van der Waals surface area contributed by atoms with Crippen molar-refractivity contribution in [2.24, 2.45) is 0 Å². The molecule has 8 nitrogen and oxygen atoms in total. The van der Waals surface area contributed by atoms with Crippen molar-refractivity contribution < 1.29 is 24.2 Å². The number of nitrogens with zero attached hydrogens (tertiary/aromatic N) is 3. The van der Waals surface area contributed by atoms with Crippen LogP contribution in [0.15, 0.2) is 107 Å². The summed E-state index contributed by atoms with van der Waals surface area (Å²) in [5, 5.41) is 23.0. The van der Waals surface area contributed by atoms with Gasteiger partial charge in [-0.1, -0.05) is 90.4 Å². The minimum absolute atomic E-state index is 0.0152. The van der Waals surface area contributed by atoms with E-state index in [2.05, 4.69) is 41.0 Å². The van der Waals surface area contributed by atoms with Gasteiger partial charge in [-0.2, -0.15) is 0 Å². The van der Waals surface area contributed by atoms with E-state index in [1.165, 1.54) is 33.4 Å². The second-order valence-corrected chi connectivity index (χ2v) is 13.3. The number of rotatable bonds is 9. The third-order valence-corrected chi connectivity index (χ3v) is 10.1. The van der Waals surface area contributed by atoms with Crippen LogP contribution in [0.1, 0.15) is 35.2 Å². The third kappa shape index (κ3) is 5.54. The van der Waals surface area contributed by atoms with E-state index in [1.807, 2.05) is 31.2 Å². The lowest BCUT2D eigenvalue weighted by Gasteiger charge is -2.23. The zero-order valence-electron chi connectivity index (χ0n) is 24.9. The number of aromatic nitrogens is 2. The molecule has 1 saturated heterocycles. The summed E-state index contributed by atoms with van der Waals surface area (Å²) < 4.78 is 12.2. The summed E-state index contributed by atoms with van der Waals surface area (Å²) in [6.07, 6.45) is 2.33. The number of hydrogen-bond donors (Lipinski definition) is 1. The van der Waals surface area contributed by atoms with Crippen molar-refractivity contribution in [3.05, 3.63) is 125 Å². The van der Waals surface area contributed by atoms with Gasteiger partial charge in [0.2, 0.25) is 5.13 Å². The van der Waals surface area contributed by atoms with Crippen LogP contribution in [0, 0.1) is 0 Å². The van der Waals surface area contributed by atoms with E-state index in [-0.39, 0.29) is 29.2 Å². The minimum Gasteiger partial charge on any atom is -0.507 e. The highest BCUT2D eigenvalue weighted by Gasteiger charge is 2.48. The molecule has 7 rings (SSSR count). The van der Waals surface area contributed by atoms with E-state index >= 15 is 0 Å². The molecule has 5 aromatic rings. The van der Waals surface area contributed by atoms with Gasteiger partial charge in [-0.05, 0) is 64.7 Å². The Balaban J connectivity index is 1.26. The third-order valence-electron chi connectivity index (χ3n) is 7.99. The Morgan fingerprint density at radius 2 is 1.91 bits per heavy atom. The monoisotopic (exact) mass is 647 g/mol. The summed E-state index contributed by atoms with van der Waals surface area (Å²) in [6, 6.07) is 25.9. The zero-order chi connectivity index (χ0) is 31.8. The van der Waals surface area contributed by atoms with Crippen LogP contribution >= 0.6 is 23.1 Å². The first kappa shape index (κ1) is 29.8. The van der Waals surface area contributed by atoms with Gasteiger partial charge in [0, 0.05) is 17.7 Å². The summed E-state index contributed by atoms with van der Waals surface area (Å²) in [5.74, 6) is 0.0853. The Kier molecular flexibility index (Phi) is 8.06. The Morgan fingerprint density at radius 3 is 2.78 bits per heavy atom. The number of ketones is 1. The second kappa shape index (κ2) is 12.5. The first-order chi connectivity index (χ1) is 22.4. The van der Waals surface area contributed by atoms with E-state index in [9.17, 15) is 14.7 Å². The molecule has 0 bridgehead atoms. The topological polar surface area (TPSA) is 102 Å². The van der Waals surface area contributed by atoms with Crippen molar-refractivity contribution in [1.29, 1.82) is 0 Å².